The fourth-order valence-corrected chi connectivity index (χ4v) is 2.55. The van der Waals surface area contributed by atoms with Gasteiger partial charge in [-0.1, -0.05) is 12.1 Å². The molecule has 0 bridgehead atoms. The molecule has 0 amide bonds. The van der Waals surface area contributed by atoms with Gasteiger partial charge in [0.2, 0.25) is 0 Å². The highest BCUT2D eigenvalue weighted by Crippen LogP contribution is 2.31. The van der Waals surface area contributed by atoms with Crippen molar-refractivity contribution in [2.45, 2.75) is 6.92 Å². The zero-order valence-corrected chi connectivity index (χ0v) is 14.2. The number of methoxy groups -OCH3 is 2. The van der Waals surface area contributed by atoms with E-state index in [1.807, 2.05) is 31.2 Å². The van der Waals surface area contributed by atoms with Crippen molar-refractivity contribution in [1.29, 1.82) is 0 Å². The number of halogens is 1. The average molecular weight is 339 g/mol. The summed E-state index contributed by atoms with van der Waals surface area (Å²) in [5, 5.41) is 2.99. The number of nitrogens with one attached hydrogen (secondary N) is 1. The van der Waals surface area contributed by atoms with Crippen molar-refractivity contribution in [3.8, 4) is 22.8 Å². The Morgan fingerprint density at radius 2 is 1.72 bits per heavy atom. The van der Waals surface area contributed by atoms with E-state index in [9.17, 15) is 4.39 Å². The number of anilines is 2. The molecule has 1 heterocycles. The summed E-state index contributed by atoms with van der Waals surface area (Å²) >= 11 is 0. The van der Waals surface area contributed by atoms with Gasteiger partial charge in [0.1, 0.15) is 29.5 Å². The minimum Gasteiger partial charge on any atom is -0.496 e. The molecular formula is C19H18FN3O2. The molecule has 0 aliphatic carbocycles. The predicted octanol–water partition coefficient (Wildman–Crippen LogP) is 4.35. The Morgan fingerprint density at radius 3 is 2.48 bits per heavy atom. The fourth-order valence-electron chi connectivity index (χ4n) is 2.55. The molecule has 0 saturated heterocycles. The molecule has 128 valence electrons. The van der Waals surface area contributed by atoms with Crippen LogP contribution < -0.4 is 14.8 Å². The lowest BCUT2D eigenvalue weighted by Gasteiger charge is -2.12. The molecule has 3 rings (SSSR count). The number of rotatable bonds is 5. The van der Waals surface area contributed by atoms with E-state index in [4.69, 9.17) is 9.47 Å². The van der Waals surface area contributed by atoms with Gasteiger partial charge in [-0.05, 0) is 30.7 Å². The van der Waals surface area contributed by atoms with Gasteiger partial charge in [0, 0.05) is 17.7 Å². The van der Waals surface area contributed by atoms with E-state index in [1.165, 1.54) is 19.5 Å². The zero-order chi connectivity index (χ0) is 17.8. The Morgan fingerprint density at radius 1 is 0.960 bits per heavy atom. The summed E-state index contributed by atoms with van der Waals surface area (Å²) < 4.78 is 24.7. The Balaban J connectivity index is 1.94. The first kappa shape index (κ1) is 16.7. The maximum Gasteiger partial charge on any atom is 0.150 e. The second kappa shape index (κ2) is 7.17. The predicted molar refractivity (Wildman–Crippen MR) is 95.0 cm³/mol. The van der Waals surface area contributed by atoms with Crippen LogP contribution in [0.25, 0.3) is 11.3 Å². The summed E-state index contributed by atoms with van der Waals surface area (Å²) in [5.74, 6) is 1.28. The number of benzene rings is 2. The highest BCUT2D eigenvalue weighted by Gasteiger charge is 2.11. The molecule has 6 heteroatoms. The lowest BCUT2D eigenvalue weighted by atomic mass is 10.1. The normalized spacial score (nSPS) is 10.4. The van der Waals surface area contributed by atoms with Crippen molar-refractivity contribution in [1.82, 2.24) is 9.97 Å². The van der Waals surface area contributed by atoms with Crippen LogP contribution in [-0.2, 0) is 0 Å². The molecule has 0 atom stereocenters. The van der Waals surface area contributed by atoms with Crippen LogP contribution in [0.15, 0.2) is 48.8 Å². The van der Waals surface area contributed by atoms with Crippen molar-refractivity contribution in [3.05, 3.63) is 60.2 Å². The molecule has 0 radical (unpaired) electrons. The number of para-hydroxylation sites is 1. The smallest absolute Gasteiger partial charge is 0.150 e. The molecule has 2 aromatic carbocycles. The van der Waals surface area contributed by atoms with Gasteiger partial charge in [-0.15, -0.1) is 0 Å². The molecule has 1 N–H and O–H groups in total. The third kappa shape index (κ3) is 3.52. The Hall–Kier alpha value is -3.15. The van der Waals surface area contributed by atoms with E-state index < -0.39 is 5.82 Å². The number of hydrogen-bond donors (Lipinski definition) is 1. The summed E-state index contributed by atoms with van der Waals surface area (Å²) in [6.45, 7) is 1.85. The quantitative estimate of drug-likeness (QED) is 0.749. The van der Waals surface area contributed by atoms with Gasteiger partial charge >= 0.3 is 0 Å². The maximum absolute atomic E-state index is 14.2. The summed E-state index contributed by atoms with van der Waals surface area (Å²) in [4.78, 5) is 8.45. The van der Waals surface area contributed by atoms with Crippen LogP contribution in [0.5, 0.6) is 11.5 Å². The standard InChI is InChI=1S/C19H18FN3O2/c1-12-8-16(14(20)9-18(12)25-3)23-19-10-15(21-11-22-19)13-6-4-5-7-17(13)24-2/h4-11H,1-3H3,(H,21,22,23). The van der Waals surface area contributed by atoms with Crippen LogP contribution in [0.3, 0.4) is 0 Å². The number of hydrogen-bond acceptors (Lipinski definition) is 5. The van der Waals surface area contributed by atoms with Gasteiger partial charge in [-0.2, -0.15) is 0 Å². The van der Waals surface area contributed by atoms with E-state index in [2.05, 4.69) is 15.3 Å². The second-order valence-corrected chi connectivity index (χ2v) is 5.42. The number of ether oxygens (including phenoxy) is 2. The SMILES string of the molecule is COc1cc(F)c(Nc2cc(-c3ccccc3OC)ncn2)cc1C. The average Bonchev–Trinajstić information content (AvgIpc) is 2.64. The fraction of sp³-hybridized carbons (Fsp3) is 0.158. The number of aryl methyl sites for hydroxylation is 1. The Kier molecular flexibility index (Phi) is 4.79. The monoisotopic (exact) mass is 339 g/mol. The van der Waals surface area contributed by atoms with Crippen LogP contribution in [0.1, 0.15) is 5.56 Å². The third-order valence-electron chi connectivity index (χ3n) is 3.80. The van der Waals surface area contributed by atoms with Crippen molar-refractivity contribution >= 4 is 11.5 Å². The van der Waals surface area contributed by atoms with Gasteiger partial charge in [0.25, 0.3) is 0 Å². The van der Waals surface area contributed by atoms with E-state index in [0.29, 0.717) is 28.7 Å². The highest BCUT2D eigenvalue weighted by atomic mass is 19.1. The van der Waals surface area contributed by atoms with E-state index >= 15 is 0 Å². The van der Waals surface area contributed by atoms with Gasteiger partial charge in [0.05, 0.1) is 25.6 Å². The third-order valence-corrected chi connectivity index (χ3v) is 3.80. The molecule has 5 nitrogen and oxygen atoms in total. The largest absolute Gasteiger partial charge is 0.496 e. The minimum atomic E-state index is -0.417. The van der Waals surface area contributed by atoms with Crippen molar-refractivity contribution in [3.63, 3.8) is 0 Å². The van der Waals surface area contributed by atoms with E-state index in [-0.39, 0.29) is 0 Å². The lowest BCUT2D eigenvalue weighted by Crippen LogP contribution is -2.00. The molecule has 1 aromatic heterocycles. The van der Waals surface area contributed by atoms with Crippen LogP contribution in [0.2, 0.25) is 0 Å². The lowest BCUT2D eigenvalue weighted by molar-refractivity contribution is 0.408. The first-order chi connectivity index (χ1) is 12.1. The molecule has 3 aromatic rings. The van der Waals surface area contributed by atoms with Crippen molar-refractivity contribution in [2.24, 2.45) is 0 Å². The molecule has 0 spiro atoms. The summed E-state index contributed by atoms with van der Waals surface area (Å²) in [5.41, 5.74) is 2.66. The van der Waals surface area contributed by atoms with Crippen LogP contribution in [-0.4, -0.2) is 24.2 Å². The molecule has 0 fully saturated rings. The molecule has 0 unspecified atom stereocenters. The molecule has 0 aliphatic rings. The van der Waals surface area contributed by atoms with Crippen molar-refractivity contribution in [2.75, 3.05) is 19.5 Å². The minimum absolute atomic E-state index is 0.322. The van der Waals surface area contributed by atoms with Crippen LogP contribution in [0.4, 0.5) is 15.9 Å². The van der Waals surface area contributed by atoms with Gasteiger partial charge in [-0.25, -0.2) is 14.4 Å². The van der Waals surface area contributed by atoms with E-state index in [0.717, 1.165) is 11.1 Å². The molecule has 0 aliphatic heterocycles. The topological polar surface area (TPSA) is 56.3 Å². The molecule has 0 saturated carbocycles. The summed E-state index contributed by atoms with van der Waals surface area (Å²) in [6.07, 6.45) is 1.43. The molecule has 25 heavy (non-hydrogen) atoms. The summed E-state index contributed by atoms with van der Waals surface area (Å²) in [6, 6.07) is 12.3. The number of nitrogens with zero attached hydrogens (tertiary/aromatic N) is 2. The zero-order valence-electron chi connectivity index (χ0n) is 14.2. The van der Waals surface area contributed by atoms with Crippen molar-refractivity contribution < 1.29 is 13.9 Å². The van der Waals surface area contributed by atoms with Gasteiger partial charge in [-0.3, -0.25) is 0 Å². The van der Waals surface area contributed by atoms with Crippen LogP contribution in [0, 0.1) is 12.7 Å². The van der Waals surface area contributed by atoms with Gasteiger partial charge < -0.3 is 14.8 Å². The van der Waals surface area contributed by atoms with Crippen LogP contribution >= 0.6 is 0 Å². The Labute approximate surface area is 145 Å². The molecular weight excluding hydrogens is 321 g/mol. The second-order valence-electron chi connectivity index (χ2n) is 5.42. The maximum atomic E-state index is 14.2. The number of aromatic nitrogens is 2. The first-order valence-corrected chi connectivity index (χ1v) is 7.69. The van der Waals surface area contributed by atoms with Gasteiger partial charge in [0.15, 0.2) is 0 Å². The van der Waals surface area contributed by atoms with E-state index in [1.54, 1.807) is 19.2 Å². The Bertz CT molecular complexity index is 900. The first-order valence-electron chi connectivity index (χ1n) is 7.69. The summed E-state index contributed by atoms with van der Waals surface area (Å²) in [7, 11) is 3.12. The highest BCUT2D eigenvalue weighted by molar-refractivity contribution is 5.70.